The van der Waals surface area contributed by atoms with Gasteiger partial charge in [-0.1, -0.05) is 0 Å². The number of rotatable bonds is 1. The summed E-state index contributed by atoms with van der Waals surface area (Å²) in [6, 6.07) is 3.27. The van der Waals surface area contributed by atoms with Crippen molar-refractivity contribution in [2.45, 2.75) is 6.42 Å². The van der Waals surface area contributed by atoms with Gasteiger partial charge in [-0.25, -0.2) is 4.39 Å². The van der Waals surface area contributed by atoms with Crippen molar-refractivity contribution in [2.75, 3.05) is 7.11 Å². The van der Waals surface area contributed by atoms with Crippen molar-refractivity contribution in [1.29, 1.82) is 0 Å². The first kappa shape index (κ1) is 5.71. The largest absolute Gasteiger partial charge is 0.496 e. The smallest absolute Gasteiger partial charge is 0.130 e. The number of fused-ring (bicyclic) bond motifs is 2. The third kappa shape index (κ3) is 0.561. The number of ether oxygens (including phenoxy) is 1. The van der Waals surface area contributed by atoms with E-state index < -0.39 is 0 Å². The first-order valence-corrected chi connectivity index (χ1v) is 3.16. The maximum absolute atomic E-state index is 12.7. The number of methoxy groups -OCH3 is 1. The molecule has 3 rings (SSSR count). The van der Waals surface area contributed by atoms with Crippen LogP contribution < -0.4 is 4.74 Å². The van der Waals surface area contributed by atoms with Gasteiger partial charge in [-0.05, 0) is 17.2 Å². The molecule has 0 heterocycles. The molecule has 1 aromatic carbocycles. The molecule has 52 valence electrons. The second kappa shape index (κ2) is 1.72. The van der Waals surface area contributed by atoms with Crippen LogP contribution in [0.4, 0.5) is 4.39 Å². The second-order valence-electron chi connectivity index (χ2n) is 2.43. The van der Waals surface area contributed by atoms with Gasteiger partial charge < -0.3 is 4.74 Å². The monoisotopic (exact) mass is 138 g/mol. The lowest BCUT2D eigenvalue weighted by Crippen LogP contribution is -2.07. The Morgan fingerprint density at radius 2 is 2.10 bits per heavy atom. The van der Waals surface area contributed by atoms with E-state index in [0.29, 0.717) is 5.75 Å². The maximum Gasteiger partial charge on any atom is 0.130 e. The second-order valence-corrected chi connectivity index (χ2v) is 2.43. The Hall–Kier alpha value is -1.05. The van der Waals surface area contributed by atoms with Gasteiger partial charge >= 0.3 is 0 Å². The minimum absolute atomic E-state index is 0.146. The van der Waals surface area contributed by atoms with E-state index in [-0.39, 0.29) is 5.82 Å². The third-order valence-corrected chi connectivity index (χ3v) is 1.83. The molecule has 10 heavy (non-hydrogen) atoms. The van der Waals surface area contributed by atoms with Crippen molar-refractivity contribution in [3.05, 3.63) is 29.1 Å². The summed E-state index contributed by atoms with van der Waals surface area (Å²) in [5.41, 5.74) is 1.91. The van der Waals surface area contributed by atoms with Crippen LogP contribution in [0.5, 0.6) is 5.75 Å². The molecule has 1 aromatic rings. The van der Waals surface area contributed by atoms with Gasteiger partial charge in [0.05, 0.1) is 7.11 Å². The fourth-order valence-electron chi connectivity index (χ4n) is 1.19. The van der Waals surface area contributed by atoms with E-state index in [1.165, 1.54) is 6.07 Å². The molecule has 1 nitrogen and oxygen atoms in total. The van der Waals surface area contributed by atoms with Crippen LogP contribution in [0.1, 0.15) is 11.1 Å². The number of hydrogen-bond acceptors (Lipinski definition) is 1. The van der Waals surface area contributed by atoms with Crippen LogP contribution in [0.3, 0.4) is 0 Å². The Morgan fingerprint density at radius 1 is 1.40 bits per heavy atom. The molecule has 0 amide bonds. The van der Waals surface area contributed by atoms with Crippen LogP contribution in [0.2, 0.25) is 0 Å². The molecule has 2 heteroatoms. The van der Waals surface area contributed by atoms with Crippen LogP contribution in [-0.2, 0) is 6.42 Å². The van der Waals surface area contributed by atoms with Gasteiger partial charge in [0.15, 0.2) is 0 Å². The quantitative estimate of drug-likeness (QED) is 0.583. The molecule has 2 aliphatic carbocycles. The summed E-state index contributed by atoms with van der Waals surface area (Å²) >= 11 is 0. The Morgan fingerprint density at radius 3 is 2.50 bits per heavy atom. The fraction of sp³-hybridized carbons (Fsp3) is 0.250. The van der Waals surface area contributed by atoms with Crippen LogP contribution in [-0.4, -0.2) is 7.11 Å². The fourth-order valence-corrected chi connectivity index (χ4v) is 1.19. The average Bonchev–Trinajstić information content (AvgIpc) is 1.84. The number of hydrogen-bond donors (Lipinski definition) is 0. The lowest BCUT2D eigenvalue weighted by molar-refractivity contribution is 0.402. The highest BCUT2D eigenvalue weighted by Gasteiger charge is 2.19. The summed E-state index contributed by atoms with van der Waals surface area (Å²) < 4.78 is 17.7. The van der Waals surface area contributed by atoms with Crippen molar-refractivity contribution in [1.82, 2.24) is 0 Å². The lowest BCUT2D eigenvalue weighted by atomic mass is 9.92. The van der Waals surface area contributed by atoms with Crippen molar-refractivity contribution in [2.24, 2.45) is 0 Å². The van der Waals surface area contributed by atoms with E-state index >= 15 is 0 Å². The molecule has 0 saturated carbocycles. The van der Waals surface area contributed by atoms with E-state index in [0.717, 1.165) is 17.5 Å². The van der Waals surface area contributed by atoms with Gasteiger partial charge in [0.2, 0.25) is 0 Å². The Balaban J connectivity index is 2.56. The summed E-state index contributed by atoms with van der Waals surface area (Å²) in [6.07, 6.45) is 0.742. The van der Waals surface area contributed by atoms with Crippen molar-refractivity contribution >= 4 is 0 Å². The molecule has 0 fully saturated rings. The minimum atomic E-state index is -0.146. The Bertz CT molecular complexity index is 281. The highest BCUT2D eigenvalue weighted by atomic mass is 19.1. The molecule has 0 atom stereocenters. The Labute approximate surface area is 58.4 Å². The van der Waals surface area contributed by atoms with Gasteiger partial charge in [-0.3, -0.25) is 0 Å². The number of halogens is 1. The first-order chi connectivity index (χ1) is 4.81. The molecule has 0 aromatic heterocycles. The molecule has 0 saturated heterocycles. The summed E-state index contributed by atoms with van der Waals surface area (Å²) in [7, 11) is 1.56. The summed E-state index contributed by atoms with van der Waals surface area (Å²) in [5, 5.41) is 0. The van der Waals surface area contributed by atoms with Crippen molar-refractivity contribution < 1.29 is 9.13 Å². The molecule has 0 unspecified atom stereocenters. The van der Waals surface area contributed by atoms with Crippen LogP contribution >= 0.6 is 0 Å². The standard InChI is InChI=1S/C8H7FO/c1-10-8-4-7(9)5-2-6(8)3-5/h2,4H,3H2,1H3. The predicted molar refractivity (Wildman–Crippen MR) is 35.8 cm³/mol. The van der Waals surface area contributed by atoms with Gasteiger partial charge in [0, 0.05) is 12.5 Å². The first-order valence-electron chi connectivity index (χ1n) is 3.16. The van der Waals surface area contributed by atoms with E-state index in [1.807, 2.05) is 6.07 Å². The maximum atomic E-state index is 12.7. The van der Waals surface area contributed by atoms with Crippen molar-refractivity contribution in [3.63, 3.8) is 0 Å². The van der Waals surface area contributed by atoms with Gasteiger partial charge in [-0.2, -0.15) is 0 Å². The van der Waals surface area contributed by atoms with Gasteiger partial charge in [-0.15, -0.1) is 0 Å². The van der Waals surface area contributed by atoms with Crippen LogP contribution in [0.15, 0.2) is 12.1 Å². The molecule has 2 aliphatic rings. The molecule has 2 bridgehead atoms. The van der Waals surface area contributed by atoms with Crippen LogP contribution in [0, 0.1) is 5.82 Å². The highest BCUT2D eigenvalue weighted by molar-refractivity contribution is 5.48. The highest BCUT2D eigenvalue weighted by Crippen LogP contribution is 2.33. The molecule has 0 radical (unpaired) electrons. The molecular weight excluding hydrogens is 131 g/mol. The summed E-state index contributed by atoms with van der Waals surface area (Å²) in [5.74, 6) is 0.527. The average molecular weight is 138 g/mol. The molecule has 0 spiro atoms. The van der Waals surface area contributed by atoms with Crippen LogP contribution in [0.25, 0.3) is 0 Å². The zero-order valence-electron chi connectivity index (χ0n) is 5.65. The van der Waals surface area contributed by atoms with Gasteiger partial charge in [0.1, 0.15) is 11.6 Å². The van der Waals surface area contributed by atoms with E-state index in [2.05, 4.69) is 0 Å². The Kier molecular flexibility index (Phi) is 0.982. The number of benzene rings is 1. The normalized spacial score (nSPS) is 12.6. The molecule has 0 N–H and O–H groups in total. The van der Waals surface area contributed by atoms with E-state index in [1.54, 1.807) is 7.11 Å². The zero-order chi connectivity index (χ0) is 7.14. The summed E-state index contributed by atoms with van der Waals surface area (Å²) in [4.78, 5) is 0. The molecular formula is C8H7FO. The van der Waals surface area contributed by atoms with Gasteiger partial charge in [0.25, 0.3) is 0 Å². The van der Waals surface area contributed by atoms with Crippen molar-refractivity contribution in [3.8, 4) is 5.75 Å². The third-order valence-electron chi connectivity index (χ3n) is 1.83. The minimum Gasteiger partial charge on any atom is -0.496 e. The van der Waals surface area contributed by atoms with E-state index in [4.69, 9.17) is 4.74 Å². The predicted octanol–water partition coefficient (Wildman–Crippen LogP) is 1.74. The zero-order valence-corrected chi connectivity index (χ0v) is 5.65. The SMILES string of the molecule is COc1cc(F)c2cc1C2. The molecule has 0 aliphatic heterocycles. The lowest BCUT2D eigenvalue weighted by Gasteiger charge is -2.18. The topological polar surface area (TPSA) is 9.23 Å². The van der Waals surface area contributed by atoms with E-state index in [9.17, 15) is 4.39 Å². The summed E-state index contributed by atoms with van der Waals surface area (Å²) in [6.45, 7) is 0.